The normalized spacial score (nSPS) is 11.8. The Morgan fingerprint density at radius 2 is 0.791 bits per heavy atom. The molecule has 6 rings (SSSR count). The van der Waals surface area contributed by atoms with Crippen LogP contribution in [-0.4, -0.2) is 62.8 Å². The van der Waals surface area contributed by atoms with Gasteiger partial charge in [0.2, 0.25) is 0 Å². The van der Waals surface area contributed by atoms with E-state index in [-0.39, 0.29) is 37.6 Å². The standard InChI is InChI=1S/C55H54N2O10/c1-37(2)51(58)64-35-49(66-53(60)56-45-25-17-41(18-26-45)39-13-9-7-10-14-39)33-62-47-29-21-43(22-30-47)55(5,6)44-23-31-48(32-24-44)63-34-50(36-65-52(59)38(3)4)67-54(61)57-46-27-19-42(20-28-46)40-15-11-8-12-16-40/h7-32,49-50H,1,3,33-36H2,2,4-6H3,(H,56,60)(H,57,61). The van der Waals surface area contributed by atoms with E-state index < -0.39 is 41.7 Å². The molecule has 0 heterocycles. The zero-order valence-corrected chi connectivity index (χ0v) is 38.0. The maximum absolute atomic E-state index is 13.0. The maximum Gasteiger partial charge on any atom is 0.412 e. The number of carbonyl (C=O) groups is 4. The molecule has 0 aliphatic heterocycles. The van der Waals surface area contributed by atoms with Gasteiger partial charge in [-0.2, -0.15) is 0 Å². The van der Waals surface area contributed by atoms with Crippen molar-refractivity contribution in [3.63, 3.8) is 0 Å². The van der Waals surface area contributed by atoms with Crippen molar-refractivity contribution in [1.29, 1.82) is 0 Å². The van der Waals surface area contributed by atoms with Crippen molar-refractivity contribution in [1.82, 2.24) is 0 Å². The number of ether oxygens (including phenoxy) is 6. The van der Waals surface area contributed by atoms with Gasteiger partial charge in [0.25, 0.3) is 0 Å². The summed E-state index contributed by atoms with van der Waals surface area (Å²) in [6.45, 7) is 13.8. The van der Waals surface area contributed by atoms with Gasteiger partial charge in [0.1, 0.15) is 37.9 Å². The molecule has 0 radical (unpaired) electrons. The first-order valence-corrected chi connectivity index (χ1v) is 21.6. The molecule has 6 aromatic carbocycles. The Hall–Kier alpha value is -8.12. The monoisotopic (exact) mass is 902 g/mol. The third-order valence-electron chi connectivity index (χ3n) is 10.5. The first-order valence-electron chi connectivity index (χ1n) is 21.6. The number of hydrogen-bond acceptors (Lipinski definition) is 10. The van der Waals surface area contributed by atoms with E-state index >= 15 is 0 Å². The van der Waals surface area contributed by atoms with Gasteiger partial charge in [-0.15, -0.1) is 0 Å². The van der Waals surface area contributed by atoms with Crippen molar-refractivity contribution in [3.05, 3.63) is 193 Å². The third-order valence-corrected chi connectivity index (χ3v) is 10.5. The Labute approximate surface area is 391 Å². The summed E-state index contributed by atoms with van der Waals surface area (Å²) in [5, 5.41) is 5.45. The van der Waals surface area contributed by atoms with Gasteiger partial charge in [0, 0.05) is 27.9 Å². The van der Waals surface area contributed by atoms with Crippen LogP contribution in [0.5, 0.6) is 11.5 Å². The minimum atomic E-state index is -0.933. The van der Waals surface area contributed by atoms with E-state index in [1.165, 1.54) is 13.8 Å². The third kappa shape index (κ3) is 14.4. The molecule has 0 bridgehead atoms. The van der Waals surface area contributed by atoms with Gasteiger partial charge >= 0.3 is 24.1 Å². The number of nitrogens with one attached hydrogen (secondary N) is 2. The van der Waals surface area contributed by atoms with Crippen molar-refractivity contribution in [3.8, 4) is 33.8 Å². The summed E-state index contributed by atoms with van der Waals surface area (Å²) in [4.78, 5) is 50.3. The summed E-state index contributed by atoms with van der Waals surface area (Å²) in [6, 6.07) is 49.5. The van der Waals surface area contributed by atoms with Crippen LogP contribution in [0, 0.1) is 0 Å². The second kappa shape index (κ2) is 23.2. The molecule has 12 nitrogen and oxygen atoms in total. The second-order valence-electron chi connectivity index (χ2n) is 16.2. The fourth-order valence-corrected chi connectivity index (χ4v) is 6.65. The number of benzene rings is 6. The SMILES string of the molecule is C=C(C)C(=O)OCC(COc1ccc(C(C)(C)c2ccc(OCC(COC(=O)C(=C)C)OC(=O)Nc3ccc(-c4ccccc4)cc3)cc2)cc1)OC(=O)Nc1ccc(-c2ccccc2)cc1. The lowest BCUT2D eigenvalue weighted by atomic mass is 9.78. The van der Waals surface area contributed by atoms with Crippen LogP contribution in [0.3, 0.4) is 0 Å². The summed E-state index contributed by atoms with van der Waals surface area (Å²) >= 11 is 0. The van der Waals surface area contributed by atoms with Crippen LogP contribution < -0.4 is 20.1 Å². The Bertz CT molecular complexity index is 2430. The van der Waals surface area contributed by atoms with E-state index in [2.05, 4.69) is 37.6 Å². The Morgan fingerprint density at radius 3 is 1.12 bits per heavy atom. The number of anilines is 2. The van der Waals surface area contributed by atoms with E-state index in [0.29, 0.717) is 22.9 Å². The largest absolute Gasteiger partial charge is 0.490 e. The van der Waals surface area contributed by atoms with E-state index in [1.54, 1.807) is 24.3 Å². The molecule has 0 saturated heterocycles. The first-order chi connectivity index (χ1) is 32.2. The number of esters is 2. The van der Waals surface area contributed by atoms with Gasteiger partial charge < -0.3 is 28.4 Å². The van der Waals surface area contributed by atoms with E-state index in [4.69, 9.17) is 28.4 Å². The number of amides is 2. The number of hydrogen-bond donors (Lipinski definition) is 2. The van der Waals surface area contributed by atoms with Crippen molar-refractivity contribution in [2.75, 3.05) is 37.1 Å². The minimum Gasteiger partial charge on any atom is -0.490 e. The molecule has 344 valence electrons. The van der Waals surface area contributed by atoms with Crippen molar-refractivity contribution >= 4 is 35.5 Å². The highest BCUT2D eigenvalue weighted by molar-refractivity contribution is 5.88. The average Bonchev–Trinajstić information content (AvgIpc) is 3.34. The predicted molar refractivity (Wildman–Crippen MR) is 259 cm³/mol. The molecular weight excluding hydrogens is 849 g/mol. The van der Waals surface area contributed by atoms with Crippen LogP contribution in [0.2, 0.25) is 0 Å². The first kappa shape index (κ1) is 48.3. The molecule has 0 saturated carbocycles. The van der Waals surface area contributed by atoms with Gasteiger partial charge in [-0.1, -0.05) is 136 Å². The summed E-state index contributed by atoms with van der Waals surface area (Å²) < 4.78 is 34.0. The zero-order valence-electron chi connectivity index (χ0n) is 38.0. The number of carbonyl (C=O) groups excluding carboxylic acids is 4. The van der Waals surface area contributed by atoms with Crippen LogP contribution in [0.4, 0.5) is 21.0 Å². The van der Waals surface area contributed by atoms with Gasteiger partial charge in [0.15, 0.2) is 12.2 Å². The molecule has 0 aliphatic rings. The highest BCUT2D eigenvalue weighted by atomic mass is 16.6. The Kier molecular flexibility index (Phi) is 16.7. The molecule has 0 aromatic heterocycles. The fourth-order valence-electron chi connectivity index (χ4n) is 6.65. The summed E-state index contributed by atoms with van der Waals surface area (Å²) in [5.74, 6) is -0.197. The summed E-state index contributed by atoms with van der Waals surface area (Å²) in [6.07, 6.45) is -3.33. The summed E-state index contributed by atoms with van der Waals surface area (Å²) in [7, 11) is 0. The van der Waals surface area contributed by atoms with Gasteiger partial charge in [-0.25, -0.2) is 19.2 Å². The molecule has 0 spiro atoms. The predicted octanol–water partition coefficient (Wildman–Crippen LogP) is 11.6. The second-order valence-corrected chi connectivity index (χ2v) is 16.2. The maximum atomic E-state index is 13.0. The van der Waals surface area contributed by atoms with Crippen LogP contribution >= 0.6 is 0 Å². The molecule has 2 N–H and O–H groups in total. The summed E-state index contributed by atoms with van der Waals surface area (Å²) in [5.41, 5.74) is 7.11. The van der Waals surface area contributed by atoms with Crippen LogP contribution in [-0.2, 0) is 34.0 Å². The molecule has 0 fully saturated rings. The average molecular weight is 903 g/mol. The molecule has 2 atom stereocenters. The molecule has 0 aliphatic carbocycles. The molecule has 2 unspecified atom stereocenters. The smallest absolute Gasteiger partial charge is 0.412 e. The molecule has 2 amide bonds. The van der Waals surface area contributed by atoms with Crippen LogP contribution in [0.1, 0.15) is 38.8 Å². The minimum absolute atomic E-state index is 0.0933. The quantitative estimate of drug-likeness (QED) is 0.0431. The fraction of sp³-hybridized carbons (Fsp3) is 0.200. The highest BCUT2D eigenvalue weighted by Crippen LogP contribution is 2.34. The molecule has 67 heavy (non-hydrogen) atoms. The topological polar surface area (TPSA) is 148 Å². The Balaban J connectivity index is 1.03. The highest BCUT2D eigenvalue weighted by Gasteiger charge is 2.25. The van der Waals surface area contributed by atoms with E-state index in [0.717, 1.165) is 33.4 Å². The van der Waals surface area contributed by atoms with Crippen LogP contribution in [0.15, 0.2) is 182 Å². The van der Waals surface area contributed by atoms with Crippen LogP contribution in [0.25, 0.3) is 22.3 Å². The number of rotatable bonds is 20. The lowest BCUT2D eigenvalue weighted by Gasteiger charge is -2.27. The van der Waals surface area contributed by atoms with Gasteiger partial charge in [-0.3, -0.25) is 10.6 Å². The molecular formula is C55H54N2O10. The van der Waals surface area contributed by atoms with Crippen molar-refractivity contribution in [2.45, 2.75) is 45.3 Å². The zero-order chi connectivity index (χ0) is 47.8. The molecule has 12 heteroatoms. The Morgan fingerprint density at radius 1 is 0.463 bits per heavy atom. The van der Waals surface area contributed by atoms with Crippen molar-refractivity contribution < 1.29 is 47.6 Å². The molecule has 6 aromatic rings. The lowest BCUT2D eigenvalue weighted by molar-refractivity contribution is -0.143. The van der Waals surface area contributed by atoms with Gasteiger partial charge in [-0.05, 0) is 95.8 Å². The lowest BCUT2D eigenvalue weighted by Crippen LogP contribution is -2.32. The van der Waals surface area contributed by atoms with Crippen molar-refractivity contribution in [2.24, 2.45) is 0 Å². The van der Waals surface area contributed by atoms with E-state index in [9.17, 15) is 19.2 Å². The van der Waals surface area contributed by atoms with E-state index in [1.807, 2.05) is 133 Å². The van der Waals surface area contributed by atoms with Gasteiger partial charge in [0.05, 0.1) is 0 Å².